The van der Waals surface area contributed by atoms with Gasteiger partial charge < -0.3 is 11.1 Å². The molecule has 0 aliphatic rings. The number of nitrogens with one attached hydrogen (secondary N) is 3. The van der Waals surface area contributed by atoms with E-state index in [1.807, 2.05) is 5.43 Å². The van der Waals surface area contributed by atoms with Crippen LogP contribution in [0.15, 0.2) is 0 Å². The van der Waals surface area contributed by atoms with E-state index in [4.69, 9.17) is 11.6 Å². The minimum atomic E-state index is -0.363. The standard InChI is InChI=1S/C4H9N7O/c5-3-8-4(11-10-3)7-1-2(12)9-6/h1,6H2,(H,9,12)(H4,5,7,8,10,11). The maximum Gasteiger partial charge on any atom is 0.253 e. The van der Waals surface area contributed by atoms with E-state index < -0.39 is 0 Å². The lowest BCUT2D eigenvalue weighted by Gasteiger charge is -1.98. The first-order chi connectivity index (χ1) is 5.72. The predicted molar refractivity (Wildman–Crippen MR) is 41.6 cm³/mol. The molecule has 0 saturated carbocycles. The number of hydrazine groups is 1. The first-order valence-corrected chi connectivity index (χ1v) is 3.13. The number of amides is 1. The number of hydrogen-bond donors (Lipinski definition) is 5. The number of carbonyl (C=O) groups is 1. The zero-order valence-electron chi connectivity index (χ0n) is 6.16. The molecule has 12 heavy (non-hydrogen) atoms. The fraction of sp³-hybridized carbons (Fsp3) is 0.250. The third-order valence-electron chi connectivity index (χ3n) is 1.07. The molecule has 8 nitrogen and oxygen atoms in total. The normalized spacial score (nSPS) is 9.42. The molecule has 0 aliphatic heterocycles. The molecule has 0 bridgehead atoms. The monoisotopic (exact) mass is 171 g/mol. The Balaban J connectivity index is 2.38. The molecule has 0 spiro atoms. The van der Waals surface area contributed by atoms with Crippen molar-refractivity contribution in [3.8, 4) is 0 Å². The van der Waals surface area contributed by atoms with Crippen LogP contribution in [0.4, 0.5) is 11.9 Å². The van der Waals surface area contributed by atoms with E-state index in [0.29, 0.717) is 0 Å². The van der Waals surface area contributed by atoms with Crippen LogP contribution in [-0.4, -0.2) is 27.6 Å². The van der Waals surface area contributed by atoms with Crippen LogP contribution in [0.25, 0.3) is 0 Å². The van der Waals surface area contributed by atoms with Crippen LogP contribution in [0.2, 0.25) is 0 Å². The van der Waals surface area contributed by atoms with Gasteiger partial charge in [-0.25, -0.2) is 10.9 Å². The molecule has 0 aromatic carbocycles. The summed E-state index contributed by atoms with van der Waals surface area (Å²) in [5.41, 5.74) is 7.17. The molecule has 0 unspecified atom stereocenters. The summed E-state index contributed by atoms with van der Waals surface area (Å²) < 4.78 is 0. The Morgan fingerprint density at radius 2 is 2.42 bits per heavy atom. The number of rotatable bonds is 3. The quantitative estimate of drug-likeness (QED) is 0.199. The number of aromatic amines is 1. The van der Waals surface area contributed by atoms with Crippen LogP contribution >= 0.6 is 0 Å². The van der Waals surface area contributed by atoms with Crippen molar-refractivity contribution in [2.45, 2.75) is 0 Å². The molecule has 66 valence electrons. The number of nitrogen functional groups attached to an aromatic ring is 1. The summed E-state index contributed by atoms with van der Waals surface area (Å²) in [5, 5.41) is 8.62. The molecule has 7 N–H and O–H groups in total. The second-order valence-corrected chi connectivity index (χ2v) is 1.97. The molecule has 0 aliphatic carbocycles. The van der Waals surface area contributed by atoms with Crippen LogP contribution in [0.5, 0.6) is 0 Å². The lowest BCUT2D eigenvalue weighted by Crippen LogP contribution is -2.35. The van der Waals surface area contributed by atoms with Crippen LogP contribution in [0, 0.1) is 0 Å². The van der Waals surface area contributed by atoms with E-state index in [1.54, 1.807) is 0 Å². The summed E-state index contributed by atoms with van der Waals surface area (Å²) in [6.07, 6.45) is 0. The summed E-state index contributed by atoms with van der Waals surface area (Å²) >= 11 is 0. The van der Waals surface area contributed by atoms with E-state index in [2.05, 4.69) is 20.5 Å². The fourth-order valence-electron chi connectivity index (χ4n) is 0.564. The van der Waals surface area contributed by atoms with Crippen LogP contribution in [0.3, 0.4) is 0 Å². The van der Waals surface area contributed by atoms with Crippen LogP contribution < -0.4 is 22.3 Å². The molecule has 0 saturated heterocycles. The average Bonchev–Trinajstić information content (AvgIpc) is 2.47. The zero-order valence-corrected chi connectivity index (χ0v) is 6.16. The Morgan fingerprint density at radius 3 is 2.92 bits per heavy atom. The Kier molecular flexibility index (Phi) is 2.43. The number of nitrogens with two attached hydrogens (primary N) is 2. The molecular weight excluding hydrogens is 162 g/mol. The van der Waals surface area contributed by atoms with Crippen LogP contribution in [-0.2, 0) is 4.79 Å². The van der Waals surface area contributed by atoms with E-state index >= 15 is 0 Å². The molecule has 1 heterocycles. The van der Waals surface area contributed by atoms with Gasteiger partial charge in [0.15, 0.2) is 0 Å². The average molecular weight is 171 g/mol. The molecule has 0 radical (unpaired) electrons. The number of nitrogens with zero attached hydrogens (tertiary/aromatic N) is 2. The van der Waals surface area contributed by atoms with Crippen molar-refractivity contribution in [3.05, 3.63) is 0 Å². The van der Waals surface area contributed by atoms with Gasteiger partial charge in [-0.05, 0) is 0 Å². The van der Waals surface area contributed by atoms with Gasteiger partial charge in [0.1, 0.15) is 0 Å². The fourth-order valence-corrected chi connectivity index (χ4v) is 0.564. The highest BCUT2D eigenvalue weighted by atomic mass is 16.2. The van der Waals surface area contributed by atoms with Crippen molar-refractivity contribution < 1.29 is 4.79 Å². The predicted octanol–water partition coefficient (Wildman–Crippen LogP) is -2.21. The highest BCUT2D eigenvalue weighted by Gasteiger charge is 2.01. The van der Waals surface area contributed by atoms with Gasteiger partial charge in [-0.2, -0.15) is 4.98 Å². The number of aromatic nitrogens is 3. The Bertz CT molecular complexity index is 268. The van der Waals surface area contributed by atoms with Crippen molar-refractivity contribution in [1.29, 1.82) is 0 Å². The molecule has 0 atom stereocenters. The molecule has 1 aromatic heterocycles. The molecule has 0 fully saturated rings. The van der Waals surface area contributed by atoms with Gasteiger partial charge in [0, 0.05) is 0 Å². The smallest absolute Gasteiger partial charge is 0.253 e. The van der Waals surface area contributed by atoms with E-state index in [-0.39, 0.29) is 24.3 Å². The minimum absolute atomic E-state index is 0.00773. The topological polar surface area (TPSA) is 135 Å². The summed E-state index contributed by atoms with van der Waals surface area (Å²) in [6.45, 7) is 0.00773. The Morgan fingerprint density at radius 1 is 1.67 bits per heavy atom. The minimum Gasteiger partial charge on any atom is -0.368 e. The van der Waals surface area contributed by atoms with E-state index in [9.17, 15) is 4.79 Å². The van der Waals surface area contributed by atoms with Crippen molar-refractivity contribution >= 4 is 17.8 Å². The summed E-state index contributed by atoms with van der Waals surface area (Å²) in [5.74, 6) is 4.91. The highest BCUT2D eigenvalue weighted by Crippen LogP contribution is 1.96. The van der Waals surface area contributed by atoms with E-state index in [1.165, 1.54) is 0 Å². The maximum atomic E-state index is 10.6. The first kappa shape index (κ1) is 8.27. The van der Waals surface area contributed by atoms with Gasteiger partial charge in [0.05, 0.1) is 6.54 Å². The largest absolute Gasteiger partial charge is 0.368 e. The summed E-state index contributed by atoms with van der Waals surface area (Å²) in [7, 11) is 0. The zero-order chi connectivity index (χ0) is 8.97. The molecule has 1 aromatic rings. The van der Waals surface area contributed by atoms with Gasteiger partial charge in [-0.1, -0.05) is 0 Å². The van der Waals surface area contributed by atoms with Crippen molar-refractivity contribution in [1.82, 2.24) is 20.6 Å². The second-order valence-electron chi connectivity index (χ2n) is 1.97. The Labute approximate surface area is 67.7 Å². The van der Waals surface area contributed by atoms with Gasteiger partial charge in [0.2, 0.25) is 11.9 Å². The summed E-state index contributed by atoms with van der Waals surface area (Å²) in [6, 6.07) is 0. The van der Waals surface area contributed by atoms with Gasteiger partial charge in [-0.15, -0.1) is 5.10 Å². The third kappa shape index (κ3) is 2.09. The van der Waals surface area contributed by atoms with Crippen molar-refractivity contribution in [2.24, 2.45) is 5.84 Å². The number of H-pyrrole nitrogens is 1. The van der Waals surface area contributed by atoms with Crippen LogP contribution in [0.1, 0.15) is 0 Å². The Hall–Kier alpha value is -1.83. The molecule has 1 amide bonds. The lowest BCUT2D eigenvalue weighted by molar-refractivity contribution is -0.119. The van der Waals surface area contributed by atoms with E-state index in [0.717, 1.165) is 0 Å². The molecular formula is C4H9N7O. The number of anilines is 2. The summed E-state index contributed by atoms with van der Waals surface area (Å²) in [4.78, 5) is 14.3. The number of carbonyl (C=O) groups excluding carboxylic acids is 1. The second kappa shape index (κ2) is 3.53. The molecule has 1 rings (SSSR count). The molecule has 8 heteroatoms. The van der Waals surface area contributed by atoms with Gasteiger partial charge in [-0.3, -0.25) is 10.2 Å². The maximum absolute atomic E-state index is 10.6. The third-order valence-corrected chi connectivity index (χ3v) is 1.07. The van der Waals surface area contributed by atoms with Crippen molar-refractivity contribution in [2.75, 3.05) is 17.6 Å². The van der Waals surface area contributed by atoms with Crippen molar-refractivity contribution in [3.63, 3.8) is 0 Å². The first-order valence-electron chi connectivity index (χ1n) is 3.13. The number of hydrogen-bond acceptors (Lipinski definition) is 6. The highest BCUT2D eigenvalue weighted by molar-refractivity contribution is 5.79. The lowest BCUT2D eigenvalue weighted by atomic mass is 10.6. The SMILES string of the molecule is NNC(=O)CNc1n[nH]c(N)n1. The van der Waals surface area contributed by atoms with Gasteiger partial charge in [0.25, 0.3) is 5.91 Å². The van der Waals surface area contributed by atoms with Gasteiger partial charge >= 0.3 is 0 Å².